The van der Waals surface area contributed by atoms with Gasteiger partial charge in [-0.15, -0.1) is 0 Å². The zero-order chi connectivity index (χ0) is 11.4. The largest absolute Gasteiger partial charge is 0.466 e. The van der Waals surface area contributed by atoms with Crippen molar-refractivity contribution in [3.05, 3.63) is 22.2 Å². The van der Waals surface area contributed by atoms with Gasteiger partial charge in [0.05, 0.1) is 24.4 Å². The summed E-state index contributed by atoms with van der Waals surface area (Å²) in [5.41, 5.74) is 13.0. The van der Waals surface area contributed by atoms with Crippen molar-refractivity contribution in [2.45, 2.75) is 13.3 Å². The third-order valence-electron chi connectivity index (χ3n) is 1.89. The van der Waals surface area contributed by atoms with Crippen LogP contribution in [0.2, 0.25) is 0 Å². The number of carbonyl (C=O) groups excluding carboxylic acids is 1. The van der Waals surface area contributed by atoms with Crippen LogP contribution in [0.5, 0.6) is 0 Å². The summed E-state index contributed by atoms with van der Waals surface area (Å²) < 4.78 is 5.61. The van der Waals surface area contributed by atoms with Crippen molar-refractivity contribution in [1.82, 2.24) is 0 Å². The molecule has 0 atom stereocenters. The van der Waals surface area contributed by atoms with E-state index in [4.69, 9.17) is 16.2 Å². The average Bonchev–Trinajstić information content (AvgIpc) is 2.14. The van der Waals surface area contributed by atoms with Crippen LogP contribution in [0.1, 0.15) is 12.5 Å². The predicted octanol–water partition coefficient (Wildman–Crippen LogP) is 1.72. The fraction of sp³-hybridized carbons (Fsp3) is 0.300. The fourth-order valence-electron chi connectivity index (χ4n) is 1.16. The standard InChI is InChI=1S/C10H13BrN2O2/c1-2-15-10(14)4-6-3-8(12)9(13)5-7(6)11/h3,5H,2,4,12-13H2,1H3. The summed E-state index contributed by atoms with van der Waals surface area (Å²) in [5, 5.41) is 0. The molecule has 0 spiro atoms. The zero-order valence-electron chi connectivity index (χ0n) is 8.42. The zero-order valence-corrected chi connectivity index (χ0v) is 10.0. The van der Waals surface area contributed by atoms with Gasteiger partial charge in [-0.05, 0) is 24.6 Å². The number of ether oxygens (including phenoxy) is 1. The van der Waals surface area contributed by atoms with Gasteiger partial charge in [-0.1, -0.05) is 15.9 Å². The lowest BCUT2D eigenvalue weighted by atomic mass is 10.1. The molecule has 0 radical (unpaired) electrons. The number of carbonyl (C=O) groups is 1. The van der Waals surface area contributed by atoms with Crippen molar-refractivity contribution in [2.75, 3.05) is 18.1 Å². The molecule has 82 valence electrons. The second kappa shape index (κ2) is 5.02. The number of nitrogens with two attached hydrogens (primary N) is 2. The van der Waals surface area contributed by atoms with Crippen molar-refractivity contribution < 1.29 is 9.53 Å². The molecule has 0 amide bonds. The smallest absolute Gasteiger partial charge is 0.310 e. The summed E-state index contributed by atoms with van der Waals surface area (Å²) >= 11 is 3.32. The highest BCUT2D eigenvalue weighted by molar-refractivity contribution is 9.10. The van der Waals surface area contributed by atoms with E-state index in [-0.39, 0.29) is 12.4 Å². The highest BCUT2D eigenvalue weighted by Gasteiger charge is 2.09. The SMILES string of the molecule is CCOC(=O)Cc1cc(N)c(N)cc1Br. The summed E-state index contributed by atoms with van der Waals surface area (Å²) in [6.45, 7) is 2.14. The lowest BCUT2D eigenvalue weighted by Gasteiger charge is -2.07. The minimum Gasteiger partial charge on any atom is -0.466 e. The first-order valence-corrected chi connectivity index (χ1v) is 5.33. The Kier molecular flexibility index (Phi) is 3.96. The molecule has 0 aliphatic carbocycles. The maximum absolute atomic E-state index is 11.2. The normalized spacial score (nSPS) is 10.0. The fourth-order valence-corrected chi connectivity index (χ4v) is 1.66. The van der Waals surface area contributed by atoms with Crippen molar-refractivity contribution in [1.29, 1.82) is 0 Å². The quantitative estimate of drug-likeness (QED) is 0.649. The molecule has 4 nitrogen and oxygen atoms in total. The van der Waals surface area contributed by atoms with Crippen molar-refractivity contribution >= 4 is 33.3 Å². The molecule has 0 saturated heterocycles. The molecular formula is C10H13BrN2O2. The van der Waals surface area contributed by atoms with E-state index in [0.717, 1.165) is 10.0 Å². The first-order valence-electron chi connectivity index (χ1n) is 4.53. The van der Waals surface area contributed by atoms with Crippen LogP contribution < -0.4 is 11.5 Å². The van der Waals surface area contributed by atoms with Crippen LogP contribution in [0.4, 0.5) is 11.4 Å². The first kappa shape index (κ1) is 11.8. The van der Waals surface area contributed by atoms with Crippen LogP contribution in [0.25, 0.3) is 0 Å². The molecule has 0 fully saturated rings. The van der Waals surface area contributed by atoms with Crippen molar-refractivity contribution in [2.24, 2.45) is 0 Å². The topological polar surface area (TPSA) is 78.3 Å². The highest BCUT2D eigenvalue weighted by Crippen LogP contribution is 2.26. The van der Waals surface area contributed by atoms with Gasteiger partial charge in [-0.2, -0.15) is 0 Å². The second-order valence-corrected chi connectivity index (χ2v) is 3.91. The maximum Gasteiger partial charge on any atom is 0.310 e. The molecule has 0 aromatic heterocycles. The summed E-state index contributed by atoms with van der Waals surface area (Å²) in [7, 11) is 0. The highest BCUT2D eigenvalue weighted by atomic mass is 79.9. The molecule has 0 heterocycles. The molecule has 0 saturated carbocycles. The Morgan fingerprint density at radius 3 is 2.60 bits per heavy atom. The van der Waals surface area contributed by atoms with Gasteiger partial charge in [0.25, 0.3) is 0 Å². The van der Waals surface area contributed by atoms with Crippen molar-refractivity contribution in [3.63, 3.8) is 0 Å². The molecule has 0 aliphatic heterocycles. The van der Waals surface area contributed by atoms with E-state index in [2.05, 4.69) is 15.9 Å². The Hall–Kier alpha value is -1.23. The molecular weight excluding hydrogens is 260 g/mol. The third kappa shape index (κ3) is 3.13. The van der Waals surface area contributed by atoms with Gasteiger partial charge >= 0.3 is 5.97 Å². The number of nitrogen functional groups attached to an aromatic ring is 2. The predicted molar refractivity (Wildman–Crippen MR) is 63.3 cm³/mol. The van der Waals surface area contributed by atoms with Gasteiger partial charge in [0.1, 0.15) is 0 Å². The number of esters is 1. The van der Waals surface area contributed by atoms with Gasteiger partial charge in [0.15, 0.2) is 0 Å². The third-order valence-corrected chi connectivity index (χ3v) is 2.63. The Balaban J connectivity index is 2.86. The molecule has 0 unspecified atom stereocenters. The first-order chi connectivity index (χ1) is 7.04. The molecule has 0 bridgehead atoms. The van der Waals surface area contributed by atoms with Gasteiger partial charge in [0.2, 0.25) is 0 Å². The Labute approximate surface area is 96.7 Å². The Morgan fingerprint density at radius 2 is 2.00 bits per heavy atom. The number of benzene rings is 1. The van der Waals surface area contributed by atoms with E-state index in [0.29, 0.717) is 18.0 Å². The minimum absolute atomic E-state index is 0.193. The molecule has 5 heteroatoms. The van der Waals surface area contributed by atoms with Crippen LogP contribution in [0.3, 0.4) is 0 Å². The maximum atomic E-state index is 11.2. The van der Waals surface area contributed by atoms with Crippen LogP contribution >= 0.6 is 15.9 Å². The monoisotopic (exact) mass is 272 g/mol. The number of hydrogen-bond acceptors (Lipinski definition) is 4. The molecule has 1 aromatic rings. The minimum atomic E-state index is -0.276. The van der Waals surface area contributed by atoms with E-state index in [1.54, 1.807) is 19.1 Å². The van der Waals surface area contributed by atoms with Crippen LogP contribution in [0, 0.1) is 0 Å². The Morgan fingerprint density at radius 1 is 1.40 bits per heavy atom. The summed E-state index contributed by atoms with van der Waals surface area (Å²) in [6.07, 6.45) is 0.193. The number of halogens is 1. The van der Waals surface area contributed by atoms with E-state index >= 15 is 0 Å². The molecule has 1 aromatic carbocycles. The lowest BCUT2D eigenvalue weighted by molar-refractivity contribution is -0.142. The summed E-state index contributed by atoms with van der Waals surface area (Å²) in [6, 6.07) is 3.36. The molecule has 0 aliphatic rings. The van der Waals surface area contributed by atoms with E-state index in [1.807, 2.05) is 0 Å². The van der Waals surface area contributed by atoms with Gasteiger partial charge in [0, 0.05) is 4.47 Å². The van der Waals surface area contributed by atoms with Crippen molar-refractivity contribution in [3.8, 4) is 0 Å². The summed E-state index contributed by atoms with van der Waals surface area (Å²) in [4.78, 5) is 11.2. The second-order valence-electron chi connectivity index (χ2n) is 3.05. The average molecular weight is 273 g/mol. The lowest BCUT2D eigenvalue weighted by Crippen LogP contribution is -2.08. The molecule has 4 N–H and O–H groups in total. The molecule has 1 rings (SSSR count). The van der Waals surface area contributed by atoms with E-state index in [1.165, 1.54) is 0 Å². The van der Waals surface area contributed by atoms with Crippen LogP contribution in [-0.4, -0.2) is 12.6 Å². The number of anilines is 2. The van der Waals surface area contributed by atoms with Gasteiger partial charge in [-0.3, -0.25) is 4.79 Å². The number of hydrogen-bond donors (Lipinski definition) is 2. The van der Waals surface area contributed by atoms with E-state index < -0.39 is 0 Å². The van der Waals surface area contributed by atoms with Crippen LogP contribution in [0.15, 0.2) is 16.6 Å². The van der Waals surface area contributed by atoms with Gasteiger partial charge < -0.3 is 16.2 Å². The summed E-state index contributed by atoms with van der Waals surface area (Å²) in [5.74, 6) is -0.276. The van der Waals surface area contributed by atoms with E-state index in [9.17, 15) is 4.79 Å². The number of rotatable bonds is 3. The Bertz CT molecular complexity index is 380. The van der Waals surface area contributed by atoms with Gasteiger partial charge in [-0.25, -0.2) is 0 Å². The molecule has 15 heavy (non-hydrogen) atoms. The van der Waals surface area contributed by atoms with Crippen LogP contribution in [-0.2, 0) is 16.0 Å².